The SMILES string of the molecule is CCN(CC)C(CNC(=NC)NC1CC1C)c1cccc(OC)c1.I. The van der Waals surface area contributed by atoms with Crippen LogP contribution in [0.1, 0.15) is 38.8 Å². The molecule has 142 valence electrons. The molecule has 1 aromatic carbocycles. The number of aliphatic imine (C=N–C) groups is 1. The highest BCUT2D eigenvalue weighted by Crippen LogP contribution is 2.29. The van der Waals surface area contributed by atoms with Crippen molar-refractivity contribution < 1.29 is 4.74 Å². The number of rotatable bonds is 8. The first-order valence-electron chi connectivity index (χ1n) is 8.98. The number of guanidine groups is 1. The van der Waals surface area contributed by atoms with Gasteiger partial charge in [0.1, 0.15) is 5.75 Å². The van der Waals surface area contributed by atoms with Crippen LogP contribution in [-0.4, -0.2) is 50.7 Å². The Morgan fingerprint density at radius 3 is 2.56 bits per heavy atom. The van der Waals surface area contributed by atoms with Gasteiger partial charge in [-0.3, -0.25) is 9.89 Å². The van der Waals surface area contributed by atoms with Gasteiger partial charge in [-0.25, -0.2) is 0 Å². The Hall–Kier alpha value is -1.02. The van der Waals surface area contributed by atoms with Crippen LogP contribution in [0.5, 0.6) is 5.75 Å². The number of nitrogens with one attached hydrogen (secondary N) is 2. The third-order valence-corrected chi connectivity index (χ3v) is 4.85. The van der Waals surface area contributed by atoms with Crippen LogP contribution in [0.4, 0.5) is 0 Å². The molecule has 2 N–H and O–H groups in total. The highest BCUT2D eigenvalue weighted by Gasteiger charge is 2.33. The van der Waals surface area contributed by atoms with Gasteiger partial charge in [0.2, 0.25) is 0 Å². The van der Waals surface area contributed by atoms with Gasteiger partial charge in [0, 0.05) is 19.6 Å². The highest BCUT2D eigenvalue weighted by atomic mass is 127. The van der Waals surface area contributed by atoms with E-state index in [0.717, 1.165) is 37.3 Å². The second-order valence-electron chi connectivity index (χ2n) is 6.43. The number of halogens is 1. The predicted molar refractivity (Wildman–Crippen MR) is 116 cm³/mol. The van der Waals surface area contributed by atoms with Crippen molar-refractivity contribution in [2.24, 2.45) is 10.9 Å². The van der Waals surface area contributed by atoms with Crippen LogP contribution in [0.15, 0.2) is 29.3 Å². The monoisotopic (exact) mass is 460 g/mol. The lowest BCUT2D eigenvalue weighted by atomic mass is 10.0. The van der Waals surface area contributed by atoms with Crippen molar-refractivity contribution in [3.63, 3.8) is 0 Å². The van der Waals surface area contributed by atoms with Crippen LogP contribution < -0.4 is 15.4 Å². The van der Waals surface area contributed by atoms with Gasteiger partial charge in [-0.05, 0) is 43.1 Å². The summed E-state index contributed by atoms with van der Waals surface area (Å²) in [5.74, 6) is 2.55. The standard InChI is InChI=1S/C19H32N4O.HI/c1-6-23(7-2)18(15-9-8-10-16(12-15)24-5)13-21-19(20-4)22-17-11-14(17)3;/h8-10,12,14,17-18H,6-7,11,13H2,1-5H3,(H2,20,21,22);1H. The minimum absolute atomic E-state index is 0. The summed E-state index contributed by atoms with van der Waals surface area (Å²) in [5.41, 5.74) is 1.26. The molecule has 0 amide bonds. The molecular weight excluding hydrogens is 427 g/mol. The summed E-state index contributed by atoms with van der Waals surface area (Å²) in [6.45, 7) is 9.50. The molecule has 2 rings (SSSR count). The zero-order valence-corrected chi connectivity index (χ0v) is 18.4. The van der Waals surface area contributed by atoms with E-state index >= 15 is 0 Å². The zero-order valence-electron chi connectivity index (χ0n) is 16.1. The molecule has 0 saturated heterocycles. The van der Waals surface area contributed by atoms with Crippen LogP contribution in [0, 0.1) is 5.92 Å². The molecule has 1 aliphatic carbocycles. The molecule has 1 fully saturated rings. The van der Waals surface area contributed by atoms with Crippen molar-refractivity contribution in [1.82, 2.24) is 15.5 Å². The number of likely N-dealkylation sites (N-methyl/N-ethyl adjacent to an activating group) is 1. The van der Waals surface area contributed by atoms with Crippen molar-refractivity contribution in [3.8, 4) is 5.75 Å². The molecular formula is C19H33IN4O. The second-order valence-corrected chi connectivity index (χ2v) is 6.43. The molecule has 1 aliphatic rings. The van der Waals surface area contributed by atoms with Crippen molar-refractivity contribution in [3.05, 3.63) is 29.8 Å². The maximum atomic E-state index is 5.40. The van der Waals surface area contributed by atoms with E-state index in [0.29, 0.717) is 6.04 Å². The lowest BCUT2D eigenvalue weighted by Crippen LogP contribution is -2.44. The Morgan fingerprint density at radius 2 is 2.04 bits per heavy atom. The largest absolute Gasteiger partial charge is 0.497 e. The Kier molecular flexibility index (Phi) is 9.56. The van der Waals surface area contributed by atoms with E-state index in [1.54, 1.807) is 7.11 Å². The van der Waals surface area contributed by atoms with Crippen LogP contribution in [0.25, 0.3) is 0 Å². The van der Waals surface area contributed by atoms with Crippen LogP contribution in [-0.2, 0) is 0 Å². The van der Waals surface area contributed by atoms with Gasteiger partial charge in [-0.2, -0.15) is 0 Å². The first kappa shape index (κ1) is 22.0. The normalized spacial score (nSPS) is 20.6. The van der Waals surface area contributed by atoms with Gasteiger partial charge in [0.05, 0.1) is 13.2 Å². The molecule has 0 heterocycles. The minimum atomic E-state index is 0. The minimum Gasteiger partial charge on any atom is -0.497 e. The molecule has 3 unspecified atom stereocenters. The summed E-state index contributed by atoms with van der Waals surface area (Å²) in [6, 6.07) is 9.20. The van der Waals surface area contributed by atoms with E-state index in [1.807, 2.05) is 13.1 Å². The summed E-state index contributed by atoms with van der Waals surface area (Å²) in [6.07, 6.45) is 1.23. The Bertz CT molecular complexity index is 548. The predicted octanol–water partition coefficient (Wildman–Crippen LogP) is 3.27. The molecule has 5 nitrogen and oxygen atoms in total. The van der Waals surface area contributed by atoms with E-state index in [4.69, 9.17) is 4.74 Å². The molecule has 1 saturated carbocycles. The summed E-state index contributed by atoms with van der Waals surface area (Å²) < 4.78 is 5.40. The molecule has 1 aromatic rings. The molecule has 0 aromatic heterocycles. The van der Waals surface area contributed by atoms with Gasteiger partial charge in [0.15, 0.2) is 5.96 Å². The summed E-state index contributed by atoms with van der Waals surface area (Å²) >= 11 is 0. The average molecular weight is 460 g/mol. The number of hydrogen-bond donors (Lipinski definition) is 2. The third-order valence-electron chi connectivity index (χ3n) is 4.85. The Labute approximate surface area is 169 Å². The van der Waals surface area contributed by atoms with Gasteiger partial charge < -0.3 is 15.4 Å². The van der Waals surface area contributed by atoms with Crippen LogP contribution in [0.3, 0.4) is 0 Å². The van der Waals surface area contributed by atoms with E-state index in [2.05, 4.69) is 59.5 Å². The van der Waals surface area contributed by atoms with Gasteiger partial charge >= 0.3 is 0 Å². The molecule has 3 atom stereocenters. The molecule has 25 heavy (non-hydrogen) atoms. The topological polar surface area (TPSA) is 48.9 Å². The fraction of sp³-hybridized carbons (Fsp3) is 0.632. The van der Waals surface area contributed by atoms with E-state index < -0.39 is 0 Å². The summed E-state index contributed by atoms with van der Waals surface area (Å²) in [7, 11) is 3.55. The van der Waals surface area contributed by atoms with Crippen LogP contribution >= 0.6 is 24.0 Å². The van der Waals surface area contributed by atoms with Gasteiger partial charge in [0.25, 0.3) is 0 Å². The Morgan fingerprint density at radius 1 is 1.36 bits per heavy atom. The Balaban J connectivity index is 0.00000312. The fourth-order valence-electron chi connectivity index (χ4n) is 3.06. The smallest absolute Gasteiger partial charge is 0.191 e. The summed E-state index contributed by atoms with van der Waals surface area (Å²) in [4.78, 5) is 6.82. The van der Waals surface area contributed by atoms with Gasteiger partial charge in [-0.15, -0.1) is 24.0 Å². The highest BCUT2D eigenvalue weighted by molar-refractivity contribution is 14.0. The van der Waals surface area contributed by atoms with E-state index in [9.17, 15) is 0 Å². The molecule has 6 heteroatoms. The average Bonchev–Trinajstić information content (AvgIpc) is 3.32. The first-order chi connectivity index (χ1) is 11.6. The second kappa shape index (κ2) is 10.9. The number of benzene rings is 1. The maximum absolute atomic E-state index is 5.40. The number of hydrogen-bond acceptors (Lipinski definition) is 3. The number of nitrogens with zero attached hydrogens (tertiary/aromatic N) is 2. The number of ether oxygens (including phenoxy) is 1. The lowest BCUT2D eigenvalue weighted by Gasteiger charge is -2.31. The zero-order chi connectivity index (χ0) is 17.5. The van der Waals surface area contributed by atoms with E-state index in [-0.39, 0.29) is 30.0 Å². The molecule has 0 bridgehead atoms. The number of methoxy groups -OCH3 is 1. The fourth-order valence-corrected chi connectivity index (χ4v) is 3.06. The first-order valence-corrected chi connectivity index (χ1v) is 8.98. The molecule has 0 spiro atoms. The van der Waals surface area contributed by atoms with E-state index in [1.165, 1.54) is 12.0 Å². The van der Waals surface area contributed by atoms with Crippen molar-refractivity contribution in [1.29, 1.82) is 0 Å². The van der Waals surface area contributed by atoms with Crippen LogP contribution in [0.2, 0.25) is 0 Å². The molecule has 0 radical (unpaired) electrons. The van der Waals surface area contributed by atoms with Gasteiger partial charge in [-0.1, -0.05) is 32.9 Å². The van der Waals surface area contributed by atoms with Crippen molar-refractivity contribution >= 4 is 29.9 Å². The molecule has 0 aliphatic heterocycles. The quantitative estimate of drug-likeness (QED) is 0.355. The van der Waals surface area contributed by atoms with Crippen molar-refractivity contribution in [2.75, 3.05) is 33.8 Å². The maximum Gasteiger partial charge on any atom is 0.191 e. The summed E-state index contributed by atoms with van der Waals surface area (Å²) in [5, 5.41) is 6.99. The van der Waals surface area contributed by atoms with Crippen molar-refractivity contribution in [2.45, 2.75) is 39.3 Å². The lowest BCUT2D eigenvalue weighted by molar-refractivity contribution is 0.218. The third kappa shape index (κ3) is 6.33.